The van der Waals surface area contributed by atoms with Crippen LogP contribution in [0.3, 0.4) is 0 Å². The van der Waals surface area contributed by atoms with Gasteiger partial charge in [0.15, 0.2) is 0 Å². The highest BCUT2D eigenvalue weighted by Gasteiger charge is 2.02. The molecule has 0 aliphatic heterocycles. The van der Waals surface area contributed by atoms with Crippen LogP contribution >= 0.6 is 12.6 Å². The maximum Gasteiger partial charge on any atom is 0.280 e. The number of carbonyl (C=O) groups excluding carboxylic acids is 1. The van der Waals surface area contributed by atoms with Gasteiger partial charge in [0.1, 0.15) is 0 Å². The summed E-state index contributed by atoms with van der Waals surface area (Å²) in [5.41, 5.74) is 2.08. The number of thiol groups is 1. The summed E-state index contributed by atoms with van der Waals surface area (Å²) in [6.45, 7) is 2.20. The Bertz CT molecular complexity index is 338. The van der Waals surface area contributed by atoms with E-state index in [9.17, 15) is 4.79 Å². The third-order valence-corrected chi connectivity index (χ3v) is 2.67. The highest BCUT2D eigenvalue weighted by Crippen LogP contribution is 2.18. The molecule has 0 aliphatic carbocycles. The van der Waals surface area contributed by atoms with E-state index in [1.54, 1.807) is 0 Å². The van der Waals surface area contributed by atoms with Gasteiger partial charge in [-0.3, -0.25) is 4.79 Å². The van der Waals surface area contributed by atoms with Crippen molar-refractivity contribution < 1.29 is 4.79 Å². The van der Waals surface area contributed by atoms with Crippen molar-refractivity contribution in [3.8, 4) is 0 Å². The molecule has 1 rings (SSSR count). The van der Waals surface area contributed by atoms with Crippen molar-refractivity contribution in [1.82, 2.24) is 0 Å². The first-order valence-corrected chi connectivity index (χ1v) is 6.26. The van der Waals surface area contributed by atoms with Crippen LogP contribution in [0.2, 0.25) is 0 Å². The monoisotopic (exact) mass is 237 g/mol. The van der Waals surface area contributed by atoms with Crippen molar-refractivity contribution in [1.29, 1.82) is 0 Å². The summed E-state index contributed by atoms with van der Waals surface area (Å²) in [4.78, 5) is 10.9. The van der Waals surface area contributed by atoms with Gasteiger partial charge < -0.3 is 5.32 Å². The van der Waals surface area contributed by atoms with Gasteiger partial charge in [0.25, 0.3) is 5.24 Å². The van der Waals surface area contributed by atoms with Crippen LogP contribution in [-0.4, -0.2) is 5.24 Å². The zero-order valence-electron chi connectivity index (χ0n) is 9.70. The molecule has 88 valence electrons. The van der Waals surface area contributed by atoms with Crippen LogP contribution in [-0.2, 0) is 6.42 Å². The maximum absolute atomic E-state index is 10.9. The number of aryl methyl sites for hydroxylation is 1. The molecule has 0 aromatic heterocycles. The molecule has 0 saturated carbocycles. The van der Waals surface area contributed by atoms with Crippen molar-refractivity contribution in [2.45, 2.75) is 39.0 Å². The molecule has 0 saturated heterocycles. The van der Waals surface area contributed by atoms with E-state index in [-0.39, 0.29) is 5.24 Å². The van der Waals surface area contributed by atoms with Crippen LogP contribution in [0.4, 0.5) is 10.5 Å². The summed E-state index contributed by atoms with van der Waals surface area (Å²) in [6.07, 6.45) is 5.97. The van der Waals surface area contributed by atoms with E-state index in [1.807, 2.05) is 18.2 Å². The first kappa shape index (κ1) is 13.1. The van der Waals surface area contributed by atoms with Gasteiger partial charge in [-0.15, -0.1) is 0 Å². The van der Waals surface area contributed by atoms with Crippen molar-refractivity contribution in [2.24, 2.45) is 0 Å². The van der Waals surface area contributed by atoms with Crippen LogP contribution < -0.4 is 5.32 Å². The molecule has 1 amide bonds. The number of anilines is 1. The summed E-state index contributed by atoms with van der Waals surface area (Å²) >= 11 is 3.73. The molecule has 0 atom stereocenters. The number of para-hydroxylation sites is 1. The van der Waals surface area contributed by atoms with E-state index in [2.05, 4.69) is 30.9 Å². The third kappa shape index (κ3) is 4.71. The van der Waals surface area contributed by atoms with Crippen molar-refractivity contribution in [3.05, 3.63) is 29.8 Å². The fourth-order valence-electron chi connectivity index (χ4n) is 1.72. The van der Waals surface area contributed by atoms with Gasteiger partial charge in [-0.25, -0.2) is 0 Å². The molecule has 1 aromatic rings. The summed E-state index contributed by atoms with van der Waals surface area (Å²) in [5, 5.41) is 2.43. The van der Waals surface area contributed by atoms with E-state index >= 15 is 0 Å². The second-order valence-corrected chi connectivity index (χ2v) is 4.30. The molecule has 16 heavy (non-hydrogen) atoms. The molecule has 1 aromatic carbocycles. The Morgan fingerprint density at radius 1 is 1.25 bits per heavy atom. The molecule has 3 heteroatoms. The fraction of sp³-hybridized carbons (Fsp3) is 0.462. The zero-order chi connectivity index (χ0) is 11.8. The topological polar surface area (TPSA) is 29.1 Å². The highest BCUT2D eigenvalue weighted by molar-refractivity contribution is 7.96. The lowest BCUT2D eigenvalue weighted by molar-refractivity contribution is 0.270. The molecular formula is C13H19NOS. The minimum absolute atomic E-state index is 0.305. The molecule has 0 unspecified atom stereocenters. The number of benzene rings is 1. The van der Waals surface area contributed by atoms with Crippen LogP contribution in [0.5, 0.6) is 0 Å². The van der Waals surface area contributed by atoms with Crippen molar-refractivity contribution in [3.63, 3.8) is 0 Å². The molecule has 1 N–H and O–H groups in total. The third-order valence-electron chi connectivity index (χ3n) is 2.56. The predicted octanol–water partition coefficient (Wildman–Crippen LogP) is 4.27. The molecule has 2 nitrogen and oxygen atoms in total. The molecule has 0 radical (unpaired) electrons. The smallest absolute Gasteiger partial charge is 0.280 e. The number of carbonyl (C=O) groups is 1. The lowest BCUT2D eigenvalue weighted by atomic mass is 10.0. The van der Waals surface area contributed by atoms with Crippen LogP contribution in [0.15, 0.2) is 24.3 Å². The van der Waals surface area contributed by atoms with Gasteiger partial charge in [-0.05, 0) is 24.5 Å². The number of unbranched alkanes of at least 4 members (excludes halogenated alkanes) is 3. The van der Waals surface area contributed by atoms with E-state index < -0.39 is 0 Å². The van der Waals surface area contributed by atoms with Crippen LogP contribution in [0.1, 0.15) is 38.2 Å². The number of nitrogens with one attached hydrogen (secondary N) is 1. The first-order chi connectivity index (χ1) is 7.74. The van der Waals surface area contributed by atoms with Crippen LogP contribution in [0, 0.1) is 0 Å². The molecule has 0 heterocycles. The van der Waals surface area contributed by atoms with E-state index in [4.69, 9.17) is 0 Å². The minimum Gasteiger partial charge on any atom is -0.317 e. The Labute approximate surface area is 103 Å². The number of rotatable bonds is 6. The van der Waals surface area contributed by atoms with E-state index in [0.29, 0.717) is 0 Å². The Balaban J connectivity index is 2.53. The quantitative estimate of drug-likeness (QED) is 0.561. The number of hydrogen-bond acceptors (Lipinski definition) is 1. The van der Waals surface area contributed by atoms with E-state index in [0.717, 1.165) is 12.1 Å². The standard InChI is InChI=1S/C13H19NOS/c1-2-3-4-5-8-11-9-6-7-10-12(11)14-13(15)16/h6-7,9-10H,2-5,8H2,1H3,(H2,14,15,16). The van der Waals surface area contributed by atoms with Crippen molar-refractivity contribution >= 4 is 23.6 Å². The van der Waals surface area contributed by atoms with Gasteiger partial charge in [-0.1, -0.05) is 57.0 Å². The number of amides is 1. The van der Waals surface area contributed by atoms with Gasteiger partial charge in [0, 0.05) is 5.69 Å². The lowest BCUT2D eigenvalue weighted by Gasteiger charge is -2.08. The lowest BCUT2D eigenvalue weighted by Crippen LogP contribution is -2.04. The first-order valence-electron chi connectivity index (χ1n) is 5.82. The van der Waals surface area contributed by atoms with Crippen molar-refractivity contribution in [2.75, 3.05) is 5.32 Å². The van der Waals surface area contributed by atoms with Gasteiger partial charge in [0.2, 0.25) is 0 Å². The minimum atomic E-state index is -0.305. The normalized spacial score (nSPS) is 10.1. The molecule has 0 spiro atoms. The molecule has 0 aliphatic rings. The number of hydrogen-bond donors (Lipinski definition) is 2. The maximum atomic E-state index is 10.9. The van der Waals surface area contributed by atoms with Gasteiger partial charge in [0.05, 0.1) is 0 Å². The Morgan fingerprint density at radius 2 is 2.00 bits per heavy atom. The second-order valence-electron chi connectivity index (χ2n) is 3.90. The fourth-order valence-corrected chi connectivity index (χ4v) is 1.84. The summed E-state index contributed by atoms with van der Waals surface area (Å²) < 4.78 is 0. The summed E-state index contributed by atoms with van der Waals surface area (Å²) in [6, 6.07) is 7.91. The Kier molecular flexibility index (Phi) is 6.01. The second kappa shape index (κ2) is 7.34. The van der Waals surface area contributed by atoms with Crippen LogP contribution in [0.25, 0.3) is 0 Å². The molecule has 0 fully saturated rings. The predicted molar refractivity (Wildman–Crippen MR) is 72.3 cm³/mol. The zero-order valence-corrected chi connectivity index (χ0v) is 10.6. The SMILES string of the molecule is CCCCCCc1ccccc1NC(=O)S. The highest BCUT2D eigenvalue weighted by atomic mass is 32.1. The Morgan fingerprint density at radius 3 is 2.69 bits per heavy atom. The van der Waals surface area contributed by atoms with Gasteiger partial charge in [-0.2, -0.15) is 0 Å². The Hall–Kier alpha value is -0.960. The van der Waals surface area contributed by atoms with E-state index in [1.165, 1.54) is 31.2 Å². The van der Waals surface area contributed by atoms with Gasteiger partial charge >= 0.3 is 0 Å². The largest absolute Gasteiger partial charge is 0.317 e. The molecule has 0 bridgehead atoms. The average Bonchev–Trinajstić information content (AvgIpc) is 2.26. The molecular weight excluding hydrogens is 218 g/mol. The average molecular weight is 237 g/mol. The summed E-state index contributed by atoms with van der Waals surface area (Å²) in [5.74, 6) is 0. The summed E-state index contributed by atoms with van der Waals surface area (Å²) in [7, 11) is 0.